The maximum atomic E-state index is 9.19. The summed E-state index contributed by atoms with van der Waals surface area (Å²) in [5, 5.41) is 8.73. The second-order valence-corrected chi connectivity index (χ2v) is 6.87. The van der Waals surface area contributed by atoms with Crippen molar-refractivity contribution in [2.24, 2.45) is 0 Å². The van der Waals surface area contributed by atoms with Gasteiger partial charge in [-0.3, -0.25) is 4.55 Å². The van der Waals surface area contributed by atoms with Gasteiger partial charge in [-0.2, -0.15) is 13.7 Å². The minimum Gasteiger partial charge on any atom is -0.497 e. The molecule has 24 heavy (non-hydrogen) atoms. The Morgan fingerprint density at radius 3 is 2.75 bits per heavy atom. The number of aryl methyl sites for hydroxylation is 1. The number of hydrogen-bond donors (Lipinski definition) is 1. The van der Waals surface area contributed by atoms with Gasteiger partial charge in [0.15, 0.2) is 0 Å². The molecule has 130 valence electrons. The molecule has 0 fully saturated rings. The molecule has 2 heterocycles. The van der Waals surface area contributed by atoms with Crippen LogP contribution in [0.4, 0.5) is 5.95 Å². The molecule has 8 nitrogen and oxygen atoms in total. The summed E-state index contributed by atoms with van der Waals surface area (Å²) >= 11 is 0. The lowest BCUT2D eigenvalue weighted by Gasteiger charge is -2.28. The fourth-order valence-corrected chi connectivity index (χ4v) is 2.60. The summed E-state index contributed by atoms with van der Waals surface area (Å²) in [6.07, 6.45) is 2.34. The number of rotatable bonds is 3. The van der Waals surface area contributed by atoms with Crippen molar-refractivity contribution >= 4 is 27.1 Å². The lowest BCUT2D eigenvalue weighted by atomic mass is 10.2. The monoisotopic (exact) mass is 352 g/mol. The van der Waals surface area contributed by atoms with Crippen LogP contribution in [0.5, 0.6) is 5.75 Å². The third-order valence-corrected chi connectivity index (χ3v) is 3.52. The van der Waals surface area contributed by atoms with E-state index in [1.54, 1.807) is 7.11 Å². The van der Waals surface area contributed by atoms with Crippen molar-refractivity contribution in [1.29, 1.82) is 5.26 Å². The van der Waals surface area contributed by atoms with E-state index in [4.69, 9.17) is 19.5 Å². The number of anilines is 1. The highest BCUT2D eigenvalue weighted by Gasteiger charge is 2.21. The standard InChI is InChI=1S/C14H16N4O.CH4O3S/c1-19-11-4-5-13-12(10-11)16-14-17(7-2-6-15)8-3-9-18(13)14;1-5(2,3)4/h4-5,10H,2-3,7-9H2,1H3;1H3,(H,2,3,4). The molecule has 1 aliphatic heterocycles. The Bertz CT molecular complexity index is 846. The third-order valence-electron chi connectivity index (χ3n) is 3.52. The van der Waals surface area contributed by atoms with Gasteiger partial charge in [-0.15, -0.1) is 0 Å². The maximum absolute atomic E-state index is 9.19. The van der Waals surface area contributed by atoms with E-state index in [1.807, 2.05) is 12.1 Å². The summed E-state index contributed by atoms with van der Waals surface area (Å²) in [7, 11) is -2.00. The summed E-state index contributed by atoms with van der Waals surface area (Å²) in [4.78, 5) is 6.89. The molecule has 0 aliphatic carbocycles. The van der Waals surface area contributed by atoms with Gasteiger partial charge < -0.3 is 14.2 Å². The van der Waals surface area contributed by atoms with Crippen LogP contribution in [0.15, 0.2) is 18.2 Å². The molecule has 0 atom stereocenters. The molecule has 0 unspecified atom stereocenters. The molecule has 0 bridgehead atoms. The van der Waals surface area contributed by atoms with Gasteiger partial charge in [-0.05, 0) is 18.6 Å². The zero-order valence-corrected chi connectivity index (χ0v) is 14.5. The van der Waals surface area contributed by atoms with Crippen molar-refractivity contribution in [2.45, 2.75) is 19.4 Å². The minimum atomic E-state index is -3.67. The molecule has 1 N–H and O–H groups in total. The Morgan fingerprint density at radius 1 is 1.42 bits per heavy atom. The Hall–Kier alpha value is -2.31. The van der Waals surface area contributed by atoms with E-state index >= 15 is 0 Å². The molecule has 9 heteroatoms. The van der Waals surface area contributed by atoms with Crippen LogP contribution in [0.25, 0.3) is 11.0 Å². The van der Waals surface area contributed by atoms with Crippen LogP contribution in [0.1, 0.15) is 12.8 Å². The van der Waals surface area contributed by atoms with Crippen LogP contribution >= 0.6 is 0 Å². The molecular formula is C15H20N4O4S. The van der Waals surface area contributed by atoms with E-state index in [9.17, 15) is 8.42 Å². The van der Waals surface area contributed by atoms with Gasteiger partial charge in [0.25, 0.3) is 10.1 Å². The predicted molar refractivity (Wildman–Crippen MR) is 90.8 cm³/mol. The summed E-state index contributed by atoms with van der Waals surface area (Å²) < 4.78 is 33.3. The predicted octanol–water partition coefficient (Wildman–Crippen LogP) is 1.67. The molecule has 1 aliphatic rings. The van der Waals surface area contributed by atoms with Crippen LogP contribution in [0.3, 0.4) is 0 Å². The number of hydrogen-bond acceptors (Lipinski definition) is 6. The Balaban J connectivity index is 0.000000368. The average molecular weight is 352 g/mol. The van der Waals surface area contributed by atoms with Crippen molar-refractivity contribution in [1.82, 2.24) is 9.55 Å². The summed E-state index contributed by atoms with van der Waals surface area (Å²) in [6, 6.07) is 8.18. The molecular weight excluding hydrogens is 332 g/mol. The first kappa shape index (κ1) is 18.0. The smallest absolute Gasteiger partial charge is 0.261 e. The highest BCUT2D eigenvalue weighted by Crippen LogP contribution is 2.28. The molecule has 2 aromatic rings. The van der Waals surface area contributed by atoms with Crippen LogP contribution < -0.4 is 9.64 Å². The van der Waals surface area contributed by atoms with Gasteiger partial charge in [0.1, 0.15) is 5.75 Å². The van der Waals surface area contributed by atoms with Crippen molar-refractivity contribution in [2.75, 3.05) is 31.4 Å². The lowest BCUT2D eigenvalue weighted by molar-refractivity contribution is 0.415. The molecule has 0 spiro atoms. The Morgan fingerprint density at radius 2 is 2.12 bits per heavy atom. The van der Waals surface area contributed by atoms with Crippen molar-refractivity contribution < 1.29 is 17.7 Å². The van der Waals surface area contributed by atoms with Gasteiger partial charge in [0.05, 0.1) is 36.9 Å². The van der Waals surface area contributed by atoms with Crippen LogP contribution in [0, 0.1) is 11.3 Å². The molecule has 0 radical (unpaired) electrons. The number of imidazole rings is 1. The highest BCUT2D eigenvalue weighted by molar-refractivity contribution is 7.85. The second-order valence-electron chi connectivity index (χ2n) is 5.40. The first-order valence-corrected chi connectivity index (χ1v) is 9.27. The highest BCUT2D eigenvalue weighted by atomic mass is 32.2. The van der Waals surface area contributed by atoms with Crippen molar-refractivity contribution in [3.8, 4) is 11.8 Å². The molecule has 0 saturated carbocycles. The summed E-state index contributed by atoms with van der Waals surface area (Å²) in [6.45, 7) is 2.71. The average Bonchev–Trinajstić information content (AvgIpc) is 2.89. The fraction of sp³-hybridized carbons (Fsp3) is 0.467. The van der Waals surface area contributed by atoms with E-state index in [1.165, 1.54) is 0 Å². The molecule has 0 saturated heterocycles. The van der Waals surface area contributed by atoms with Gasteiger partial charge in [-0.25, -0.2) is 4.98 Å². The number of aromatic nitrogens is 2. The first-order chi connectivity index (χ1) is 11.3. The van der Waals surface area contributed by atoms with E-state index in [2.05, 4.69) is 21.6 Å². The van der Waals surface area contributed by atoms with E-state index in [0.717, 1.165) is 48.8 Å². The van der Waals surface area contributed by atoms with Gasteiger partial charge in [-0.1, -0.05) is 0 Å². The lowest BCUT2D eigenvalue weighted by Crippen LogP contribution is -2.33. The molecule has 0 amide bonds. The SMILES string of the molecule is COc1ccc2c(c1)nc1n2CCCN1CCC#N.CS(=O)(=O)O. The topological polar surface area (TPSA) is 108 Å². The largest absolute Gasteiger partial charge is 0.497 e. The summed E-state index contributed by atoms with van der Waals surface area (Å²) in [5.41, 5.74) is 2.09. The number of benzene rings is 1. The third kappa shape index (κ3) is 4.59. The maximum Gasteiger partial charge on any atom is 0.261 e. The van der Waals surface area contributed by atoms with Crippen molar-refractivity contribution in [3.05, 3.63) is 18.2 Å². The van der Waals surface area contributed by atoms with E-state index in [0.29, 0.717) is 12.7 Å². The number of ether oxygens (including phenoxy) is 1. The van der Waals surface area contributed by atoms with Gasteiger partial charge >= 0.3 is 0 Å². The van der Waals surface area contributed by atoms with Gasteiger partial charge in [0.2, 0.25) is 5.95 Å². The number of methoxy groups -OCH3 is 1. The quantitative estimate of drug-likeness (QED) is 0.837. The minimum absolute atomic E-state index is 0.534. The van der Waals surface area contributed by atoms with Crippen LogP contribution in [-0.2, 0) is 16.7 Å². The van der Waals surface area contributed by atoms with Gasteiger partial charge in [0, 0.05) is 25.7 Å². The first-order valence-electron chi connectivity index (χ1n) is 7.42. The summed E-state index contributed by atoms with van der Waals surface area (Å²) in [5.74, 6) is 1.80. The molecule has 3 rings (SSSR count). The van der Waals surface area contributed by atoms with Crippen LogP contribution in [0.2, 0.25) is 0 Å². The molecule has 1 aromatic carbocycles. The van der Waals surface area contributed by atoms with Crippen molar-refractivity contribution in [3.63, 3.8) is 0 Å². The van der Waals surface area contributed by atoms with E-state index < -0.39 is 10.1 Å². The van der Waals surface area contributed by atoms with Crippen LogP contribution in [-0.4, -0.2) is 49.0 Å². The molecule has 1 aromatic heterocycles. The zero-order valence-electron chi connectivity index (χ0n) is 13.6. The Labute approximate surface area is 141 Å². The fourth-order valence-electron chi connectivity index (χ4n) is 2.60. The number of nitriles is 1. The Kier molecular flexibility index (Phi) is 5.64. The second kappa shape index (κ2) is 7.51. The number of fused-ring (bicyclic) bond motifs is 3. The number of nitrogens with zero attached hydrogens (tertiary/aromatic N) is 4. The zero-order chi connectivity index (χ0) is 17.7. The normalized spacial score (nSPS) is 13.7. The van der Waals surface area contributed by atoms with E-state index in [-0.39, 0.29) is 0 Å².